The minimum Gasteiger partial charge on any atom is -1.00 e. The van der Waals surface area contributed by atoms with Crippen LogP contribution >= 0.6 is 0 Å². The summed E-state index contributed by atoms with van der Waals surface area (Å²) in [6, 6.07) is 10.2. The number of para-hydroxylation sites is 1. The number of halogens is 1. The molecule has 0 aliphatic rings. The fraction of sp³-hybridized carbons (Fsp3) is 0.727. The van der Waals surface area contributed by atoms with Gasteiger partial charge in [-0.15, -0.1) is 0 Å². The van der Waals surface area contributed by atoms with Crippen molar-refractivity contribution in [3.05, 3.63) is 30.3 Å². The molecule has 0 aliphatic carbocycles. The fourth-order valence-electron chi connectivity index (χ4n) is 3.03. The van der Waals surface area contributed by atoms with E-state index < -0.39 is 0 Å². The summed E-state index contributed by atoms with van der Waals surface area (Å²) < 4.78 is 7.02. The monoisotopic (exact) mass is 369 g/mol. The van der Waals surface area contributed by atoms with Crippen molar-refractivity contribution in [3.63, 3.8) is 0 Å². The van der Waals surface area contributed by atoms with Crippen molar-refractivity contribution in [2.24, 2.45) is 0 Å². The van der Waals surface area contributed by atoms with Crippen LogP contribution in [0.1, 0.15) is 78.1 Å². The highest BCUT2D eigenvalue weighted by molar-refractivity contribution is 5.20. The zero-order valence-corrected chi connectivity index (χ0v) is 17.7. The first-order valence-electron chi connectivity index (χ1n) is 10.1. The van der Waals surface area contributed by atoms with Crippen LogP contribution in [0.25, 0.3) is 0 Å². The summed E-state index contributed by atoms with van der Waals surface area (Å²) in [7, 11) is 4.56. The lowest BCUT2D eigenvalue weighted by molar-refractivity contribution is -0.931. The van der Waals surface area contributed by atoms with E-state index >= 15 is 0 Å². The number of benzene rings is 1. The first kappa shape index (κ1) is 24.3. The van der Waals surface area contributed by atoms with Crippen molar-refractivity contribution in [1.82, 2.24) is 0 Å². The summed E-state index contributed by atoms with van der Waals surface area (Å²) in [4.78, 5) is 0. The molecule has 0 amide bonds. The van der Waals surface area contributed by atoms with Crippen LogP contribution < -0.4 is 17.1 Å². The number of rotatable bonds is 14. The Morgan fingerprint density at radius 2 is 1.28 bits per heavy atom. The van der Waals surface area contributed by atoms with E-state index in [1.807, 2.05) is 30.3 Å². The van der Waals surface area contributed by atoms with E-state index in [0.29, 0.717) is 0 Å². The Balaban J connectivity index is 0.00000576. The molecule has 0 spiro atoms. The number of quaternary nitrogens is 1. The van der Waals surface area contributed by atoms with E-state index in [1.165, 1.54) is 70.8 Å². The lowest BCUT2D eigenvalue weighted by atomic mass is 10.1. The first-order valence-corrected chi connectivity index (χ1v) is 10.1. The third kappa shape index (κ3) is 11.5. The number of unbranched alkanes of at least 4 members (excludes halogenated alkanes) is 9. The molecule has 25 heavy (non-hydrogen) atoms. The molecule has 1 unspecified atom stereocenters. The van der Waals surface area contributed by atoms with Gasteiger partial charge in [0, 0.05) is 6.92 Å². The quantitative estimate of drug-likeness (QED) is 0.277. The topological polar surface area (TPSA) is 9.23 Å². The van der Waals surface area contributed by atoms with E-state index in [9.17, 15) is 0 Å². The molecular formula is C22H40ClNO. The Morgan fingerprint density at radius 3 is 1.80 bits per heavy atom. The maximum atomic E-state index is 6.09. The van der Waals surface area contributed by atoms with Gasteiger partial charge in [-0.05, 0) is 25.0 Å². The van der Waals surface area contributed by atoms with Gasteiger partial charge in [0.25, 0.3) is 0 Å². The van der Waals surface area contributed by atoms with Crippen molar-refractivity contribution < 1.29 is 21.6 Å². The Labute approximate surface area is 163 Å². The molecule has 0 heterocycles. The molecule has 0 aromatic heterocycles. The number of hydrogen-bond donors (Lipinski definition) is 0. The van der Waals surface area contributed by atoms with E-state index in [2.05, 4.69) is 27.9 Å². The highest BCUT2D eigenvalue weighted by Crippen LogP contribution is 2.17. The van der Waals surface area contributed by atoms with Crippen LogP contribution in [0.2, 0.25) is 0 Å². The van der Waals surface area contributed by atoms with Crippen LogP contribution in [-0.2, 0) is 0 Å². The Morgan fingerprint density at radius 1 is 0.800 bits per heavy atom. The zero-order valence-electron chi connectivity index (χ0n) is 17.0. The van der Waals surface area contributed by atoms with Gasteiger partial charge in [-0.25, -0.2) is 0 Å². The second-order valence-electron chi connectivity index (χ2n) is 7.71. The van der Waals surface area contributed by atoms with E-state index in [0.717, 1.165) is 10.2 Å². The van der Waals surface area contributed by atoms with Crippen LogP contribution in [0, 0.1) is 0 Å². The van der Waals surface area contributed by atoms with Crippen LogP contribution in [0.5, 0.6) is 5.75 Å². The van der Waals surface area contributed by atoms with Crippen molar-refractivity contribution in [3.8, 4) is 5.75 Å². The van der Waals surface area contributed by atoms with Crippen molar-refractivity contribution in [2.45, 2.75) is 84.3 Å². The van der Waals surface area contributed by atoms with Gasteiger partial charge in [-0.2, -0.15) is 0 Å². The molecule has 0 N–H and O–H groups in total. The minimum atomic E-state index is 0. The van der Waals surface area contributed by atoms with E-state index in [-0.39, 0.29) is 18.6 Å². The van der Waals surface area contributed by atoms with Gasteiger partial charge in [0.1, 0.15) is 5.75 Å². The van der Waals surface area contributed by atoms with Gasteiger partial charge in [0.15, 0.2) is 0 Å². The lowest BCUT2D eigenvalue weighted by Gasteiger charge is -2.35. The molecule has 0 radical (unpaired) electrons. The predicted octanol–water partition coefficient (Wildman–Crippen LogP) is 3.41. The predicted molar refractivity (Wildman–Crippen MR) is 105 cm³/mol. The van der Waals surface area contributed by atoms with E-state index in [1.54, 1.807) is 0 Å². The number of hydrogen-bond acceptors (Lipinski definition) is 1. The summed E-state index contributed by atoms with van der Waals surface area (Å²) in [6.07, 6.45) is 14.1. The third-order valence-electron chi connectivity index (χ3n) is 5.12. The summed E-state index contributed by atoms with van der Waals surface area (Å²) in [5.41, 5.74) is 0. The molecule has 1 atom stereocenters. The van der Waals surface area contributed by atoms with Gasteiger partial charge in [0.05, 0.1) is 20.6 Å². The minimum absolute atomic E-state index is 0. The molecule has 1 rings (SSSR count). The SMILES string of the molecule is CCCCCCCCCCCC[N+](C)(C)C(C)Oc1ccccc1.[Cl-]. The molecule has 0 fully saturated rings. The van der Waals surface area contributed by atoms with Crippen LogP contribution in [-0.4, -0.2) is 31.4 Å². The summed E-state index contributed by atoms with van der Waals surface area (Å²) in [5, 5.41) is 0. The van der Waals surface area contributed by atoms with E-state index in [4.69, 9.17) is 4.74 Å². The highest BCUT2D eigenvalue weighted by Gasteiger charge is 2.24. The molecule has 1 aromatic rings. The molecule has 0 saturated carbocycles. The fourth-order valence-corrected chi connectivity index (χ4v) is 3.03. The standard InChI is InChI=1S/C22H40NO.ClH/c1-5-6-7-8-9-10-11-12-13-17-20-23(3,4)21(2)24-22-18-15-14-16-19-22;/h14-16,18-19,21H,5-13,17,20H2,1-4H3;1H/q+1;/p-1. The zero-order chi connectivity index (χ0) is 17.7. The molecule has 2 nitrogen and oxygen atoms in total. The van der Waals surface area contributed by atoms with Crippen LogP contribution in [0.3, 0.4) is 0 Å². The second-order valence-corrected chi connectivity index (χ2v) is 7.71. The van der Waals surface area contributed by atoms with Crippen molar-refractivity contribution in [1.29, 1.82) is 0 Å². The third-order valence-corrected chi connectivity index (χ3v) is 5.12. The Bertz CT molecular complexity index is 408. The average Bonchev–Trinajstić information content (AvgIpc) is 2.57. The summed E-state index contributed by atoms with van der Waals surface area (Å²) >= 11 is 0. The van der Waals surface area contributed by atoms with Crippen molar-refractivity contribution >= 4 is 0 Å². The molecule has 1 aromatic carbocycles. The lowest BCUT2D eigenvalue weighted by Crippen LogP contribution is -3.00. The molecule has 3 heteroatoms. The Hall–Kier alpha value is -0.730. The van der Waals surface area contributed by atoms with Crippen LogP contribution in [0.4, 0.5) is 0 Å². The number of ether oxygens (including phenoxy) is 1. The first-order chi connectivity index (χ1) is 11.6. The smallest absolute Gasteiger partial charge is 0.230 e. The molecule has 0 saturated heterocycles. The van der Waals surface area contributed by atoms with Gasteiger partial charge in [-0.3, -0.25) is 4.48 Å². The van der Waals surface area contributed by atoms with Crippen LogP contribution in [0.15, 0.2) is 30.3 Å². The second kappa shape index (κ2) is 14.4. The summed E-state index contributed by atoms with van der Waals surface area (Å²) in [5.74, 6) is 0.972. The average molecular weight is 370 g/mol. The van der Waals surface area contributed by atoms with Gasteiger partial charge in [-0.1, -0.05) is 76.5 Å². The van der Waals surface area contributed by atoms with Gasteiger partial charge >= 0.3 is 0 Å². The van der Waals surface area contributed by atoms with Gasteiger partial charge < -0.3 is 17.1 Å². The molecule has 146 valence electrons. The van der Waals surface area contributed by atoms with Crippen molar-refractivity contribution in [2.75, 3.05) is 20.6 Å². The largest absolute Gasteiger partial charge is 1.00 e. The molecular weight excluding hydrogens is 330 g/mol. The summed E-state index contributed by atoms with van der Waals surface area (Å²) in [6.45, 7) is 5.65. The molecule has 0 aliphatic heterocycles. The molecule has 0 bridgehead atoms. The maximum Gasteiger partial charge on any atom is 0.230 e. The van der Waals surface area contributed by atoms with Gasteiger partial charge in [0.2, 0.25) is 6.23 Å². The number of nitrogens with zero attached hydrogens (tertiary/aromatic N) is 1. The Kier molecular flexibility index (Phi) is 14.0. The highest BCUT2D eigenvalue weighted by atomic mass is 35.5. The normalized spacial score (nSPS) is 12.5. The maximum absolute atomic E-state index is 6.09.